The van der Waals surface area contributed by atoms with Crippen molar-refractivity contribution in [1.29, 1.82) is 0 Å². The number of allylic oxidation sites excluding steroid dienone is 2. The van der Waals surface area contributed by atoms with Gasteiger partial charge in [-0.25, -0.2) is 29.2 Å². The number of aryl methyl sites for hydroxylation is 3. The molecule has 0 saturated carbocycles. The normalized spacial score (nSPS) is 18.1. The number of urea groups is 2. The zero-order valence-corrected chi connectivity index (χ0v) is 52.2. The minimum Gasteiger partial charge on any atom is -1.00 e. The fourth-order valence-electron chi connectivity index (χ4n) is 12.3. The fourth-order valence-corrected chi connectivity index (χ4v) is 12.3. The number of likely N-dealkylation sites (tertiary alicyclic amines) is 2. The number of fused-ring (bicyclic) bond motifs is 3. The molecule has 4 aromatic carbocycles. The molecule has 9 rings (SSSR count). The first-order valence-electron chi connectivity index (χ1n) is 27.0. The molecule has 1 atom stereocenters. The summed E-state index contributed by atoms with van der Waals surface area (Å²) in [5.41, 5.74) is 9.34. The molecular formula is C62H83BrMgN6O10. The molecule has 0 bridgehead atoms. The largest absolute Gasteiger partial charge is 2.00 e. The maximum absolute atomic E-state index is 14.0. The van der Waals surface area contributed by atoms with Gasteiger partial charge in [0, 0.05) is 90.3 Å². The topological polar surface area (TPSA) is 135 Å². The van der Waals surface area contributed by atoms with Gasteiger partial charge in [-0.3, -0.25) is 24.4 Å². The Morgan fingerprint density at radius 2 is 1.00 bits per heavy atom. The molecule has 5 amide bonds. The maximum atomic E-state index is 14.0. The Morgan fingerprint density at radius 1 is 0.588 bits per heavy atom. The summed E-state index contributed by atoms with van der Waals surface area (Å²) in [7, 11) is 11.6. The Bertz CT molecular complexity index is 2750. The Kier molecular flexibility index (Phi) is 24.1. The van der Waals surface area contributed by atoms with E-state index in [9.17, 15) is 14.4 Å². The van der Waals surface area contributed by atoms with Crippen LogP contribution in [0.3, 0.4) is 0 Å². The minimum atomic E-state index is -0.855. The molecule has 16 nitrogen and oxygen atoms in total. The van der Waals surface area contributed by atoms with Gasteiger partial charge >= 0.3 is 35.1 Å². The van der Waals surface area contributed by atoms with Gasteiger partial charge in [-0.15, -0.1) is 0 Å². The summed E-state index contributed by atoms with van der Waals surface area (Å²) in [6.07, 6.45) is 6.80. The van der Waals surface area contributed by atoms with Crippen molar-refractivity contribution in [2.75, 3.05) is 102 Å². The number of amides is 5. The SMILES string of the molecule is C=C[CH2-].COCCN1C(=O)N(Cc2cc(C)cc(OC)c2)C(=O)C12CCN(Cc1cc(OC)cc(OC)c1)CC2.COCCN1C(=O)N2Cc3cc(C)cc(C)c3C(C)C=C2C12CCN(Cc1cc(OC)cc(OC)c1)CC2.[Br-].[Mg+2]. The molecule has 4 aromatic rings. The summed E-state index contributed by atoms with van der Waals surface area (Å²) in [5.74, 6) is 3.93. The van der Waals surface area contributed by atoms with E-state index in [0.29, 0.717) is 71.1 Å². The fraction of sp³-hybridized carbons (Fsp3) is 0.484. The van der Waals surface area contributed by atoms with Gasteiger partial charge in [0.25, 0.3) is 5.91 Å². The second-order valence-corrected chi connectivity index (χ2v) is 21.0. The Balaban J connectivity index is 0.000000274. The summed E-state index contributed by atoms with van der Waals surface area (Å²) in [5, 5.41) is 0. The van der Waals surface area contributed by atoms with Gasteiger partial charge in [0.05, 0.1) is 67.4 Å². The van der Waals surface area contributed by atoms with E-state index in [1.165, 1.54) is 44.5 Å². The molecule has 5 aliphatic rings. The number of methoxy groups -OCH3 is 7. The molecule has 4 saturated heterocycles. The molecule has 4 fully saturated rings. The first kappa shape index (κ1) is 65.3. The van der Waals surface area contributed by atoms with Crippen molar-refractivity contribution in [1.82, 2.24) is 29.4 Å². The number of carbonyl (C=O) groups excluding carboxylic acids is 3. The van der Waals surface area contributed by atoms with Crippen LogP contribution in [0.25, 0.3) is 0 Å². The van der Waals surface area contributed by atoms with Crippen LogP contribution in [0.15, 0.2) is 91.2 Å². The van der Waals surface area contributed by atoms with Crippen LogP contribution < -0.4 is 40.7 Å². The van der Waals surface area contributed by atoms with E-state index in [4.69, 9.17) is 33.2 Å². The molecule has 5 heterocycles. The number of hydrogen-bond donors (Lipinski definition) is 0. The summed E-state index contributed by atoms with van der Waals surface area (Å²) >= 11 is 0. The van der Waals surface area contributed by atoms with Crippen molar-refractivity contribution < 1.29 is 64.5 Å². The van der Waals surface area contributed by atoms with Crippen LogP contribution in [-0.4, -0.2) is 184 Å². The van der Waals surface area contributed by atoms with E-state index in [2.05, 4.69) is 84.2 Å². The van der Waals surface area contributed by atoms with E-state index >= 15 is 0 Å². The van der Waals surface area contributed by atoms with Crippen molar-refractivity contribution in [2.24, 2.45) is 0 Å². The Morgan fingerprint density at radius 3 is 1.45 bits per heavy atom. The van der Waals surface area contributed by atoms with E-state index in [0.717, 1.165) is 72.2 Å². The molecule has 0 aromatic heterocycles. The third-order valence-electron chi connectivity index (χ3n) is 15.9. The molecule has 5 aliphatic heterocycles. The number of halogens is 1. The van der Waals surface area contributed by atoms with Gasteiger partial charge in [-0.1, -0.05) is 36.8 Å². The van der Waals surface area contributed by atoms with Gasteiger partial charge in [-0.05, 0) is 122 Å². The summed E-state index contributed by atoms with van der Waals surface area (Å²) in [6.45, 7) is 22.5. The smallest absolute Gasteiger partial charge is 1.00 e. The molecule has 0 N–H and O–H groups in total. The maximum Gasteiger partial charge on any atom is 2.00 e. The van der Waals surface area contributed by atoms with E-state index in [-0.39, 0.29) is 76.0 Å². The molecule has 1 unspecified atom stereocenters. The third-order valence-corrected chi connectivity index (χ3v) is 15.9. The molecule has 0 aliphatic carbocycles. The monoisotopic (exact) mass is 1170 g/mol. The zero-order valence-electron chi connectivity index (χ0n) is 49.2. The van der Waals surface area contributed by atoms with Crippen molar-refractivity contribution in [3.63, 3.8) is 0 Å². The molecule has 0 radical (unpaired) electrons. The molecular weight excluding hydrogens is 1090 g/mol. The first-order chi connectivity index (χ1) is 37.5. The van der Waals surface area contributed by atoms with Crippen LogP contribution in [0.1, 0.15) is 83.0 Å². The van der Waals surface area contributed by atoms with Gasteiger partial charge in [-0.2, -0.15) is 0 Å². The van der Waals surface area contributed by atoms with Crippen LogP contribution in [0.5, 0.6) is 28.7 Å². The van der Waals surface area contributed by atoms with Crippen molar-refractivity contribution in [3.05, 3.63) is 143 Å². The number of ether oxygens (including phenoxy) is 7. The summed E-state index contributed by atoms with van der Waals surface area (Å²) in [6, 6.07) is 22.1. The Hall–Kier alpha value is -5.47. The number of benzene rings is 4. The minimum absolute atomic E-state index is 0. The average molecular weight is 1180 g/mol. The van der Waals surface area contributed by atoms with Crippen molar-refractivity contribution in [3.8, 4) is 28.7 Å². The van der Waals surface area contributed by atoms with Gasteiger partial charge in [0.1, 0.15) is 34.3 Å². The van der Waals surface area contributed by atoms with Crippen LogP contribution in [0, 0.1) is 27.7 Å². The predicted octanol–water partition coefficient (Wildman–Crippen LogP) is 6.34. The van der Waals surface area contributed by atoms with Gasteiger partial charge < -0.3 is 59.9 Å². The molecule has 2 spiro atoms. The van der Waals surface area contributed by atoms with Crippen LogP contribution >= 0.6 is 0 Å². The first-order valence-corrected chi connectivity index (χ1v) is 27.0. The van der Waals surface area contributed by atoms with Crippen LogP contribution in [0.2, 0.25) is 0 Å². The molecule has 18 heteroatoms. The van der Waals surface area contributed by atoms with E-state index in [1.54, 1.807) is 54.7 Å². The van der Waals surface area contributed by atoms with Crippen LogP contribution in [0.4, 0.5) is 9.59 Å². The average Bonchev–Trinajstić information content (AvgIpc) is 3.89. The quantitative estimate of drug-likeness (QED) is 0.0664. The summed E-state index contributed by atoms with van der Waals surface area (Å²) in [4.78, 5) is 53.5. The summed E-state index contributed by atoms with van der Waals surface area (Å²) < 4.78 is 37.9. The zero-order chi connectivity index (χ0) is 56.3. The number of piperidine rings is 2. The van der Waals surface area contributed by atoms with Crippen LogP contribution in [-0.2, 0) is 40.4 Å². The number of rotatable bonds is 17. The van der Waals surface area contributed by atoms with Crippen molar-refractivity contribution in [2.45, 2.75) is 96.6 Å². The second-order valence-electron chi connectivity index (χ2n) is 21.0. The standard InChI is InChI=1S/C31H41N3O4.C28H37N3O6.C3H5.BrH.Mg/c1-21-13-22(2)29-23(3)15-28-31(34(11-12-36-4)30(35)33(28)20-25(29)14-21)7-9-32(10-8-31)19-24-16-26(37-5)18-27(17-24)38-6;1-20-12-21(14-23(13-20)35-3)19-30-26(32)28(31(27(30)33)10-11-34-2)6-8-29(9-7-28)18-22-15-24(36-4)17-25(16-22)37-5;1-3-2;;/h13-18,23H,7-12,19-20H2,1-6H3;12-17H,6-11,18-19H2,1-5H3;3H,1-2H2;1H;/q;;-1;;+2/p-1. The Labute approximate surface area is 502 Å². The number of hydrogen-bond acceptors (Lipinski definition) is 12. The second kappa shape index (κ2) is 29.5. The molecule has 430 valence electrons. The number of carbonyl (C=O) groups is 3. The molecule has 80 heavy (non-hydrogen) atoms. The number of imide groups is 1. The van der Waals surface area contributed by atoms with Gasteiger partial charge in [0.15, 0.2) is 0 Å². The van der Waals surface area contributed by atoms with Gasteiger partial charge in [0.2, 0.25) is 0 Å². The number of nitrogens with zero attached hydrogens (tertiary/aromatic N) is 6. The predicted molar refractivity (Wildman–Crippen MR) is 309 cm³/mol. The third kappa shape index (κ3) is 14.4. The van der Waals surface area contributed by atoms with E-state index < -0.39 is 5.54 Å². The van der Waals surface area contributed by atoms with E-state index in [1.807, 2.05) is 49.4 Å². The van der Waals surface area contributed by atoms with Crippen molar-refractivity contribution >= 4 is 41.0 Å².